The molecule has 0 aliphatic carbocycles. The molecular weight excluding hydrogens is 470 g/mol. The van der Waals surface area contributed by atoms with E-state index in [1.807, 2.05) is 53.9 Å². The molecule has 0 radical (unpaired) electrons. The molecule has 33 heavy (non-hydrogen) atoms. The molecule has 0 spiro atoms. The van der Waals surface area contributed by atoms with Crippen molar-refractivity contribution in [2.75, 3.05) is 11.9 Å². The Morgan fingerprint density at radius 3 is 2.64 bits per heavy atom. The Balaban J connectivity index is 1.28. The van der Waals surface area contributed by atoms with Crippen LogP contribution in [0.3, 0.4) is 0 Å². The van der Waals surface area contributed by atoms with Gasteiger partial charge in [0.25, 0.3) is 5.91 Å². The second-order valence-electron chi connectivity index (χ2n) is 7.48. The standard InChI is InChI=1S/C25H23N3O2S3/c1-2-17-10-12-18(13-11-17)15-21-23(30)28(25(31)33-21)14-6-9-22(29)27-24-26-20(16-32-24)19-7-4-3-5-8-19/h3-5,7-8,10-13,15-16H,2,6,9,14H2,1H3,(H,26,27,29). The molecular formula is C25H23N3O2S3. The maximum atomic E-state index is 12.8. The quantitative estimate of drug-likeness (QED) is 0.308. The van der Waals surface area contributed by atoms with Crippen molar-refractivity contribution in [2.45, 2.75) is 26.2 Å². The smallest absolute Gasteiger partial charge is 0.266 e. The van der Waals surface area contributed by atoms with Crippen molar-refractivity contribution in [3.63, 3.8) is 0 Å². The maximum absolute atomic E-state index is 12.8. The van der Waals surface area contributed by atoms with Crippen molar-refractivity contribution in [2.24, 2.45) is 0 Å². The molecule has 3 aromatic rings. The van der Waals surface area contributed by atoms with Gasteiger partial charge in [0, 0.05) is 23.9 Å². The molecule has 0 saturated carbocycles. The number of hydrogen-bond acceptors (Lipinski definition) is 6. The summed E-state index contributed by atoms with van der Waals surface area (Å²) in [6.45, 7) is 2.52. The van der Waals surface area contributed by atoms with Gasteiger partial charge in [-0.1, -0.05) is 85.5 Å². The fourth-order valence-electron chi connectivity index (χ4n) is 3.35. The number of rotatable bonds is 8. The van der Waals surface area contributed by atoms with E-state index in [0.717, 1.165) is 23.2 Å². The minimum absolute atomic E-state index is 0.0996. The van der Waals surface area contributed by atoms with Gasteiger partial charge in [0.1, 0.15) is 4.32 Å². The minimum atomic E-state index is -0.124. The third kappa shape index (κ3) is 5.96. The maximum Gasteiger partial charge on any atom is 0.266 e. The molecule has 1 aromatic heterocycles. The Kier molecular flexibility index (Phi) is 7.69. The number of anilines is 1. The van der Waals surface area contributed by atoms with Crippen LogP contribution in [-0.4, -0.2) is 32.6 Å². The van der Waals surface area contributed by atoms with Crippen LogP contribution in [0.4, 0.5) is 5.13 Å². The Hall–Kier alpha value is -2.81. The number of carbonyl (C=O) groups is 2. The van der Waals surface area contributed by atoms with Gasteiger partial charge >= 0.3 is 0 Å². The van der Waals surface area contributed by atoms with Crippen LogP contribution in [0.1, 0.15) is 30.9 Å². The number of thiocarbonyl (C=S) groups is 1. The average Bonchev–Trinajstić information content (AvgIpc) is 3.40. The minimum Gasteiger partial charge on any atom is -0.302 e. The van der Waals surface area contributed by atoms with Crippen molar-refractivity contribution in [1.82, 2.24) is 9.88 Å². The number of nitrogens with zero attached hydrogens (tertiary/aromatic N) is 2. The highest BCUT2D eigenvalue weighted by molar-refractivity contribution is 8.26. The van der Waals surface area contributed by atoms with Crippen LogP contribution in [0.25, 0.3) is 17.3 Å². The van der Waals surface area contributed by atoms with Crippen LogP contribution in [-0.2, 0) is 16.0 Å². The average molecular weight is 494 g/mol. The predicted octanol–water partition coefficient (Wildman–Crippen LogP) is 5.99. The zero-order valence-electron chi connectivity index (χ0n) is 18.1. The molecule has 1 fully saturated rings. The molecule has 8 heteroatoms. The first-order valence-electron chi connectivity index (χ1n) is 10.7. The number of nitrogens with one attached hydrogen (secondary N) is 1. The van der Waals surface area contributed by atoms with Crippen LogP contribution in [0.15, 0.2) is 64.9 Å². The van der Waals surface area contributed by atoms with Gasteiger partial charge in [0.05, 0.1) is 10.6 Å². The fourth-order valence-corrected chi connectivity index (χ4v) is 5.39. The summed E-state index contributed by atoms with van der Waals surface area (Å²) in [4.78, 5) is 31.8. The normalized spacial score (nSPS) is 14.8. The molecule has 4 rings (SSSR count). The molecule has 1 saturated heterocycles. The van der Waals surface area contributed by atoms with Gasteiger partial charge in [-0.05, 0) is 30.0 Å². The van der Waals surface area contributed by atoms with Gasteiger partial charge < -0.3 is 5.32 Å². The first-order chi connectivity index (χ1) is 16.0. The van der Waals surface area contributed by atoms with E-state index in [1.54, 1.807) is 4.90 Å². The Morgan fingerprint density at radius 1 is 1.15 bits per heavy atom. The third-order valence-corrected chi connectivity index (χ3v) is 7.30. The third-order valence-electron chi connectivity index (χ3n) is 5.16. The highest BCUT2D eigenvalue weighted by Crippen LogP contribution is 2.33. The summed E-state index contributed by atoms with van der Waals surface area (Å²) >= 11 is 8.11. The Morgan fingerprint density at radius 2 is 1.91 bits per heavy atom. The zero-order valence-corrected chi connectivity index (χ0v) is 20.6. The SMILES string of the molecule is CCc1ccc(C=C2SC(=S)N(CCCC(=O)Nc3nc(-c4ccccc4)cs3)C2=O)cc1. The van der Waals surface area contributed by atoms with Crippen molar-refractivity contribution in [3.8, 4) is 11.3 Å². The summed E-state index contributed by atoms with van der Waals surface area (Å²) in [5.41, 5.74) is 4.08. The van der Waals surface area contributed by atoms with Gasteiger partial charge in [-0.15, -0.1) is 11.3 Å². The second kappa shape index (κ2) is 10.9. The number of benzene rings is 2. The second-order valence-corrected chi connectivity index (χ2v) is 10.0. The van der Waals surface area contributed by atoms with Crippen molar-refractivity contribution in [3.05, 3.63) is 76.0 Å². The molecule has 2 amide bonds. The van der Waals surface area contributed by atoms with Crippen molar-refractivity contribution in [1.29, 1.82) is 0 Å². The molecule has 1 aliphatic heterocycles. The van der Waals surface area contributed by atoms with Gasteiger partial charge in [-0.25, -0.2) is 4.98 Å². The van der Waals surface area contributed by atoms with E-state index >= 15 is 0 Å². The number of aromatic nitrogens is 1. The Labute approximate surface area is 206 Å². The molecule has 2 aromatic carbocycles. The largest absolute Gasteiger partial charge is 0.302 e. The Bertz CT molecular complexity index is 1190. The van der Waals surface area contributed by atoms with Crippen LogP contribution in [0.5, 0.6) is 0 Å². The lowest BCUT2D eigenvalue weighted by Gasteiger charge is -2.13. The van der Waals surface area contributed by atoms with Crippen LogP contribution >= 0.6 is 35.3 Å². The predicted molar refractivity (Wildman–Crippen MR) is 141 cm³/mol. The van der Waals surface area contributed by atoms with E-state index in [0.29, 0.717) is 27.3 Å². The summed E-state index contributed by atoms with van der Waals surface area (Å²) in [6, 6.07) is 18.0. The first-order valence-corrected chi connectivity index (χ1v) is 12.8. The number of hydrogen-bond donors (Lipinski definition) is 1. The molecule has 1 N–H and O–H groups in total. The van der Waals surface area contributed by atoms with Crippen LogP contribution < -0.4 is 5.32 Å². The van der Waals surface area contributed by atoms with Gasteiger partial charge in [-0.3, -0.25) is 14.5 Å². The topological polar surface area (TPSA) is 62.3 Å². The molecule has 168 valence electrons. The summed E-state index contributed by atoms with van der Waals surface area (Å²) in [6.07, 6.45) is 3.66. The molecule has 1 aliphatic rings. The molecule has 0 unspecified atom stereocenters. The van der Waals surface area contributed by atoms with Crippen LogP contribution in [0.2, 0.25) is 0 Å². The van der Waals surface area contributed by atoms with Crippen LogP contribution in [0, 0.1) is 0 Å². The molecule has 0 bridgehead atoms. The highest BCUT2D eigenvalue weighted by atomic mass is 32.2. The van der Waals surface area contributed by atoms with E-state index in [2.05, 4.69) is 29.4 Å². The fraction of sp³-hybridized carbons (Fsp3) is 0.200. The lowest BCUT2D eigenvalue weighted by atomic mass is 10.1. The molecule has 0 atom stereocenters. The zero-order chi connectivity index (χ0) is 23.2. The lowest BCUT2D eigenvalue weighted by molar-refractivity contribution is -0.122. The van der Waals surface area contributed by atoms with E-state index in [1.165, 1.54) is 28.7 Å². The summed E-state index contributed by atoms with van der Waals surface area (Å²) in [5.74, 6) is -0.224. The first kappa shape index (κ1) is 23.4. The lowest BCUT2D eigenvalue weighted by Crippen LogP contribution is -2.29. The van der Waals surface area contributed by atoms with E-state index in [9.17, 15) is 9.59 Å². The molecule has 5 nitrogen and oxygen atoms in total. The number of thiazole rings is 1. The van der Waals surface area contributed by atoms with Gasteiger partial charge in [0.2, 0.25) is 5.91 Å². The number of amides is 2. The number of carbonyl (C=O) groups excluding carboxylic acids is 2. The van der Waals surface area contributed by atoms with E-state index in [4.69, 9.17) is 12.2 Å². The van der Waals surface area contributed by atoms with Gasteiger partial charge in [-0.2, -0.15) is 0 Å². The molecule has 2 heterocycles. The summed E-state index contributed by atoms with van der Waals surface area (Å²) in [5, 5.41) is 5.34. The highest BCUT2D eigenvalue weighted by Gasteiger charge is 2.31. The van der Waals surface area contributed by atoms with Gasteiger partial charge in [0.15, 0.2) is 5.13 Å². The number of aryl methyl sites for hydroxylation is 1. The van der Waals surface area contributed by atoms with E-state index in [-0.39, 0.29) is 18.2 Å². The van der Waals surface area contributed by atoms with E-state index < -0.39 is 0 Å². The van der Waals surface area contributed by atoms with Crippen molar-refractivity contribution < 1.29 is 9.59 Å². The summed E-state index contributed by atoms with van der Waals surface area (Å²) in [7, 11) is 0. The van der Waals surface area contributed by atoms with Crippen molar-refractivity contribution >= 4 is 62.7 Å². The monoisotopic (exact) mass is 493 g/mol. The number of thioether (sulfide) groups is 1. The summed E-state index contributed by atoms with van der Waals surface area (Å²) < 4.78 is 0.532.